The monoisotopic (exact) mass is 296 g/mol. The third-order valence-corrected chi connectivity index (χ3v) is 5.78. The maximum atomic E-state index is 5.17. The van der Waals surface area contributed by atoms with Crippen LogP contribution in [0.3, 0.4) is 0 Å². The smallest absolute Gasteiger partial charge is 0.377 e. The first-order chi connectivity index (χ1) is 9.74. The SMILES string of the molecule is C1=CCC=C1.C1=CCC=C1.CCC[Si](OC)(OC)OC. The Hall–Kier alpha value is -0.943. The lowest BCUT2D eigenvalue weighted by Crippen LogP contribution is -2.42. The predicted octanol–water partition coefficient (Wildman–Crippen LogP) is 4.28. The Morgan fingerprint density at radius 2 is 1.10 bits per heavy atom. The lowest BCUT2D eigenvalue weighted by Gasteiger charge is -2.23. The first-order valence-corrected chi connectivity index (χ1v) is 8.96. The Balaban J connectivity index is 0.000000298. The van der Waals surface area contributed by atoms with Crippen LogP contribution in [0, 0.1) is 0 Å². The molecule has 0 atom stereocenters. The highest BCUT2D eigenvalue weighted by Crippen LogP contribution is 2.13. The van der Waals surface area contributed by atoms with Crippen LogP contribution in [-0.2, 0) is 13.3 Å². The first-order valence-electron chi connectivity index (χ1n) is 7.03. The molecule has 0 amide bonds. The van der Waals surface area contributed by atoms with Gasteiger partial charge >= 0.3 is 8.80 Å². The van der Waals surface area contributed by atoms with Crippen molar-refractivity contribution >= 4 is 8.80 Å². The summed E-state index contributed by atoms with van der Waals surface area (Å²) in [5.74, 6) is 0. The first kappa shape index (κ1) is 19.1. The molecule has 0 bridgehead atoms. The van der Waals surface area contributed by atoms with E-state index in [0.717, 1.165) is 25.3 Å². The molecule has 0 radical (unpaired) electrons. The summed E-state index contributed by atoms with van der Waals surface area (Å²) in [6, 6.07) is 0.885. The standard InChI is InChI=1S/C6H16O3Si.2C5H6/c1-5-6-10(7-2,8-3)9-4;2*1-2-4-5-3-1/h5-6H2,1-4H3;2*1-4H,5H2. The molecule has 0 N–H and O–H groups in total. The number of allylic oxidation sites excluding steroid dienone is 8. The normalized spacial score (nSPS) is 14.8. The van der Waals surface area contributed by atoms with E-state index < -0.39 is 8.80 Å². The van der Waals surface area contributed by atoms with Crippen LogP contribution in [0.25, 0.3) is 0 Å². The van der Waals surface area contributed by atoms with Crippen LogP contribution in [0.4, 0.5) is 0 Å². The minimum absolute atomic E-state index is 0.885. The molecule has 0 unspecified atom stereocenters. The molecule has 0 aliphatic heterocycles. The Morgan fingerprint density at radius 1 is 0.750 bits per heavy atom. The maximum absolute atomic E-state index is 5.17. The summed E-state index contributed by atoms with van der Waals surface area (Å²) in [7, 11) is 2.68. The zero-order chi connectivity index (χ0) is 15.1. The summed E-state index contributed by atoms with van der Waals surface area (Å²) in [5.41, 5.74) is 0. The van der Waals surface area contributed by atoms with Gasteiger partial charge in [0.15, 0.2) is 0 Å². The molecule has 0 aromatic carbocycles. The molecule has 20 heavy (non-hydrogen) atoms. The van der Waals surface area contributed by atoms with E-state index in [4.69, 9.17) is 13.3 Å². The predicted molar refractivity (Wildman–Crippen MR) is 87.7 cm³/mol. The van der Waals surface area contributed by atoms with E-state index in [0.29, 0.717) is 0 Å². The molecule has 0 spiro atoms. The van der Waals surface area contributed by atoms with Gasteiger partial charge in [-0.3, -0.25) is 0 Å². The van der Waals surface area contributed by atoms with Crippen molar-refractivity contribution < 1.29 is 13.3 Å². The van der Waals surface area contributed by atoms with Gasteiger partial charge in [0, 0.05) is 27.4 Å². The van der Waals surface area contributed by atoms with Gasteiger partial charge in [0.1, 0.15) is 0 Å². The molecular formula is C16H28O3Si. The van der Waals surface area contributed by atoms with Crippen LogP contribution in [0.2, 0.25) is 6.04 Å². The van der Waals surface area contributed by atoms with E-state index in [1.807, 2.05) is 0 Å². The molecule has 2 rings (SSSR count). The van der Waals surface area contributed by atoms with Gasteiger partial charge in [-0.05, 0) is 12.8 Å². The zero-order valence-corrected chi connectivity index (χ0v) is 14.2. The Morgan fingerprint density at radius 3 is 1.20 bits per heavy atom. The molecule has 0 aromatic heterocycles. The third kappa shape index (κ3) is 9.04. The van der Waals surface area contributed by atoms with Gasteiger partial charge in [0.05, 0.1) is 0 Å². The second kappa shape index (κ2) is 13.1. The molecule has 0 saturated carbocycles. The van der Waals surface area contributed by atoms with Crippen molar-refractivity contribution in [3.05, 3.63) is 48.6 Å². The molecule has 114 valence electrons. The van der Waals surface area contributed by atoms with Gasteiger partial charge in [0.25, 0.3) is 0 Å². The van der Waals surface area contributed by atoms with E-state index in [2.05, 4.69) is 55.5 Å². The van der Waals surface area contributed by atoms with Crippen molar-refractivity contribution in [1.29, 1.82) is 0 Å². The summed E-state index contributed by atoms with van der Waals surface area (Å²) in [4.78, 5) is 0. The van der Waals surface area contributed by atoms with Crippen LogP contribution in [0.1, 0.15) is 26.2 Å². The minimum atomic E-state index is -2.22. The number of hydrogen-bond acceptors (Lipinski definition) is 3. The van der Waals surface area contributed by atoms with Crippen molar-refractivity contribution in [2.45, 2.75) is 32.2 Å². The molecule has 0 aromatic rings. The van der Waals surface area contributed by atoms with Gasteiger partial charge in [-0.1, -0.05) is 62.0 Å². The minimum Gasteiger partial charge on any atom is -0.377 e. The maximum Gasteiger partial charge on any atom is 0.500 e. The summed E-state index contributed by atoms with van der Waals surface area (Å²) >= 11 is 0. The fourth-order valence-corrected chi connectivity index (χ4v) is 3.37. The molecule has 0 fully saturated rings. The molecule has 4 heteroatoms. The van der Waals surface area contributed by atoms with Crippen molar-refractivity contribution in [1.82, 2.24) is 0 Å². The van der Waals surface area contributed by atoms with Crippen molar-refractivity contribution in [3.8, 4) is 0 Å². The van der Waals surface area contributed by atoms with E-state index in [-0.39, 0.29) is 0 Å². The highest BCUT2D eigenvalue weighted by Gasteiger charge is 2.36. The van der Waals surface area contributed by atoms with E-state index >= 15 is 0 Å². The fraction of sp³-hybridized carbons (Fsp3) is 0.500. The van der Waals surface area contributed by atoms with Crippen LogP contribution in [0.15, 0.2) is 48.6 Å². The van der Waals surface area contributed by atoms with Gasteiger partial charge in [-0.2, -0.15) is 0 Å². The average Bonchev–Trinajstić information content (AvgIpc) is 3.23. The van der Waals surface area contributed by atoms with Gasteiger partial charge in [-0.15, -0.1) is 0 Å². The second-order valence-corrected chi connectivity index (χ2v) is 7.32. The van der Waals surface area contributed by atoms with Crippen LogP contribution < -0.4 is 0 Å². The highest BCUT2D eigenvalue weighted by molar-refractivity contribution is 6.60. The van der Waals surface area contributed by atoms with Gasteiger partial charge in [0.2, 0.25) is 0 Å². The highest BCUT2D eigenvalue weighted by atomic mass is 28.4. The molecular weight excluding hydrogens is 268 g/mol. The van der Waals surface area contributed by atoms with Crippen molar-refractivity contribution in [2.24, 2.45) is 0 Å². The lowest BCUT2D eigenvalue weighted by atomic mass is 10.5. The second-order valence-electron chi connectivity index (χ2n) is 4.23. The topological polar surface area (TPSA) is 27.7 Å². The van der Waals surface area contributed by atoms with Gasteiger partial charge < -0.3 is 13.3 Å². The Labute approximate surface area is 125 Å². The summed E-state index contributed by atoms with van der Waals surface area (Å²) in [5, 5.41) is 0. The average molecular weight is 296 g/mol. The fourth-order valence-electron chi connectivity index (χ4n) is 1.65. The molecule has 2 aliphatic carbocycles. The molecule has 0 heterocycles. The van der Waals surface area contributed by atoms with E-state index in [1.165, 1.54) is 0 Å². The molecule has 0 saturated heterocycles. The van der Waals surface area contributed by atoms with Crippen LogP contribution >= 0.6 is 0 Å². The van der Waals surface area contributed by atoms with Gasteiger partial charge in [-0.25, -0.2) is 0 Å². The number of rotatable bonds is 5. The quantitative estimate of drug-likeness (QED) is 0.709. The largest absolute Gasteiger partial charge is 0.500 e. The van der Waals surface area contributed by atoms with E-state index in [9.17, 15) is 0 Å². The molecule has 2 aliphatic rings. The molecule has 3 nitrogen and oxygen atoms in total. The van der Waals surface area contributed by atoms with Crippen molar-refractivity contribution in [2.75, 3.05) is 21.3 Å². The summed E-state index contributed by atoms with van der Waals surface area (Å²) in [6.07, 6.45) is 20.0. The van der Waals surface area contributed by atoms with E-state index in [1.54, 1.807) is 21.3 Å². The number of hydrogen-bond donors (Lipinski definition) is 0. The Bertz CT molecular complexity index is 278. The van der Waals surface area contributed by atoms with Crippen LogP contribution in [-0.4, -0.2) is 30.1 Å². The zero-order valence-electron chi connectivity index (χ0n) is 13.2. The Kier molecular flexibility index (Phi) is 12.4. The lowest BCUT2D eigenvalue weighted by molar-refractivity contribution is 0.123. The summed E-state index contributed by atoms with van der Waals surface area (Å²) < 4.78 is 15.5. The van der Waals surface area contributed by atoms with Crippen molar-refractivity contribution in [3.63, 3.8) is 0 Å². The van der Waals surface area contributed by atoms with Crippen LogP contribution in [0.5, 0.6) is 0 Å². The summed E-state index contributed by atoms with van der Waals surface area (Å²) in [6.45, 7) is 2.08. The third-order valence-electron chi connectivity index (χ3n) is 2.80.